The number of hydrogen-bond donors (Lipinski definition) is 0. The van der Waals surface area contributed by atoms with Crippen LogP contribution in [0.15, 0.2) is 36.4 Å². The Morgan fingerprint density at radius 2 is 2.00 bits per heavy atom. The van der Waals surface area contributed by atoms with Crippen LogP contribution in [0, 0.1) is 5.82 Å². The second kappa shape index (κ2) is 4.45. The van der Waals surface area contributed by atoms with Gasteiger partial charge in [-0.25, -0.2) is 9.18 Å². The summed E-state index contributed by atoms with van der Waals surface area (Å²) in [6.45, 7) is 0. The number of rotatable bonds is 2. The van der Waals surface area contributed by atoms with Crippen LogP contribution in [0.2, 0.25) is 0 Å². The molecule has 1 aromatic heterocycles. The van der Waals surface area contributed by atoms with Crippen LogP contribution in [0.5, 0.6) is 0 Å². The Morgan fingerprint density at radius 3 is 2.69 bits per heavy atom. The molecule has 0 bridgehead atoms. The molecule has 82 valence electrons. The molecule has 0 unspecified atom stereocenters. The van der Waals surface area contributed by atoms with E-state index in [0.29, 0.717) is 10.4 Å². The molecule has 2 nitrogen and oxygen atoms in total. The van der Waals surface area contributed by atoms with Crippen molar-refractivity contribution in [2.45, 2.75) is 0 Å². The molecular weight excluding hydrogens is 227 g/mol. The molecule has 0 N–H and O–H groups in total. The fourth-order valence-corrected chi connectivity index (χ4v) is 2.31. The zero-order chi connectivity index (χ0) is 11.5. The first-order valence-electron chi connectivity index (χ1n) is 4.65. The van der Waals surface area contributed by atoms with Crippen LogP contribution in [-0.2, 0) is 4.74 Å². The number of carbonyl (C=O) groups excluding carboxylic acids is 1. The third kappa shape index (κ3) is 1.97. The monoisotopic (exact) mass is 236 g/mol. The highest BCUT2D eigenvalue weighted by Gasteiger charge is 2.11. The quantitative estimate of drug-likeness (QED) is 0.747. The van der Waals surface area contributed by atoms with Crippen molar-refractivity contribution in [2.24, 2.45) is 0 Å². The summed E-state index contributed by atoms with van der Waals surface area (Å²) in [5.74, 6) is -0.687. The maximum atomic E-state index is 13.5. The smallest absolute Gasteiger partial charge is 0.348 e. The van der Waals surface area contributed by atoms with Crippen molar-refractivity contribution >= 4 is 17.3 Å². The van der Waals surface area contributed by atoms with Crippen LogP contribution in [0.25, 0.3) is 10.4 Å². The summed E-state index contributed by atoms with van der Waals surface area (Å²) in [5, 5.41) is 0. The molecule has 0 atom stereocenters. The number of ether oxygens (including phenoxy) is 1. The van der Waals surface area contributed by atoms with E-state index in [1.807, 2.05) is 0 Å². The Bertz CT molecular complexity index is 519. The number of halogens is 1. The molecule has 0 aliphatic carbocycles. The van der Waals surface area contributed by atoms with Gasteiger partial charge in [-0.15, -0.1) is 11.3 Å². The third-order valence-corrected chi connectivity index (χ3v) is 3.23. The van der Waals surface area contributed by atoms with Crippen molar-refractivity contribution in [1.82, 2.24) is 0 Å². The largest absolute Gasteiger partial charge is 0.465 e. The van der Waals surface area contributed by atoms with Gasteiger partial charge in [0.1, 0.15) is 10.7 Å². The number of hydrogen-bond acceptors (Lipinski definition) is 3. The zero-order valence-corrected chi connectivity index (χ0v) is 9.38. The lowest BCUT2D eigenvalue weighted by molar-refractivity contribution is 0.0606. The number of esters is 1. The molecule has 2 aromatic rings. The lowest BCUT2D eigenvalue weighted by atomic mass is 10.2. The fourth-order valence-electron chi connectivity index (χ4n) is 1.35. The second-order valence-corrected chi connectivity index (χ2v) is 4.22. The van der Waals surface area contributed by atoms with E-state index in [-0.39, 0.29) is 5.82 Å². The topological polar surface area (TPSA) is 26.3 Å². The van der Waals surface area contributed by atoms with E-state index in [2.05, 4.69) is 4.74 Å². The third-order valence-electron chi connectivity index (χ3n) is 2.13. The highest BCUT2D eigenvalue weighted by molar-refractivity contribution is 7.17. The fraction of sp³-hybridized carbons (Fsp3) is 0.0833. The van der Waals surface area contributed by atoms with Gasteiger partial charge in [0.05, 0.1) is 7.11 Å². The van der Waals surface area contributed by atoms with Crippen molar-refractivity contribution in [3.05, 3.63) is 47.1 Å². The maximum absolute atomic E-state index is 13.5. The van der Waals surface area contributed by atoms with Gasteiger partial charge < -0.3 is 4.74 Å². The highest BCUT2D eigenvalue weighted by Crippen LogP contribution is 2.30. The Morgan fingerprint density at radius 1 is 1.25 bits per heavy atom. The molecular formula is C12H9FO2S. The highest BCUT2D eigenvalue weighted by atomic mass is 32.1. The molecule has 0 radical (unpaired) electrons. The van der Waals surface area contributed by atoms with Gasteiger partial charge in [0.25, 0.3) is 0 Å². The predicted octanol–water partition coefficient (Wildman–Crippen LogP) is 3.34. The van der Waals surface area contributed by atoms with Crippen LogP contribution < -0.4 is 0 Å². The van der Waals surface area contributed by atoms with E-state index >= 15 is 0 Å². The first-order valence-corrected chi connectivity index (χ1v) is 5.47. The lowest BCUT2D eigenvalue weighted by Crippen LogP contribution is -1.96. The van der Waals surface area contributed by atoms with Gasteiger partial charge in [-0.1, -0.05) is 18.2 Å². The first kappa shape index (κ1) is 10.8. The molecule has 0 aliphatic heterocycles. The molecule has 1 heterocycles. The molecule has 0 saturated carbocycles. The minimum atomic E-state index is -0.396. The summed E-state index contributed by atoms with van der Waals surface area (Å²) in [7, 11) is 1.32. The van der Waals surface area contributed by atoms with Gasteiger partial charge in [-0.3, -0.25) is 0 Å². The molecule has 4 heteroatoms. The Kier molecular flexibility index (Phi) is 3.01. The van der Waals surface area contributed by atoms with E-state index < -0.39 is 5.97 Å². The van der Waals surface area contributed by atoms with Crippen molar-refractivity contribution in [2.75, 3.05) is 7.11 Å². The van der Waals surface area contributed by atoms with Crippen LogP contribution in [0.1, 0.15) is 9.67 Å². The Balaban J connectivity index is 2.39. The average Bonchev–Trinajstić information content (AvgIpc) is 2.78. The van der Waals surface area contributed by atoms with Gasteiger partial charge in [-0.2, -0.15) is 0 Å². The van der Waals surface area contributed by atoms with E-state index in [0.717, 1.165) is 4.88 Å². The summed E-state index contributed by atoms with van der Waals surface area (Å²) in [6.07, 6.45) is 0. The Labute approximate surface area is 96.3 Å². The summed E-state index contributed by atoms with van der Waals surface area (Å²) in [6, 6.07) is 9.83. The minimum absolute atomic E-state index is 0.291. The van der Waals surface area contributed by atoms with Gasteiger partial charge in [0, 0.05) is 10.4 Å². The molecule has 0 saturated heterocycles. The second-order valence-electron chi connectivity index (χ2n) is 3.14. The van der Waals surface area contributed by atoms with Crippen LogP contribution in [0.4, 0.5) is 4.39 Å². The normalized spacial score (nSPS) is 10.1. The summed E-state index contributed by atoms with van der Waals surface area (Å²) < 4.78 is 18.1. The van der Waals surface area contributed by atoms with E-state index in [9.17, 15) is 9.18 Å². The van der Waals surface area contributed by atoms with Gasteiger partial charge in [-0.05, 0) is 18.2 Å². The Hall–Kier alpha value is -1.68. The molecule has 0 amide bonds. The number of carbonyl (C=O) groups is 1. The summed E-state index contributed by atoms with van der Waals surface area (Å²) in [5.41, 5.74) is 0.502. The van der Waals surface area contributed by atoms with Crippen LogP contribution in [-0.4, -0.2) is 13.1 Å². The SMILES string of the molecule is COC(=O)c1ccc(-c2ccccc2F)s1. The molecule has 16 heavy (non-hydrogen) atoms. The summed E-state index contributed by atoms with van der Waals surface area (Å²) >= 11 is 1.22. The van der Waals surface area contributed by atoms with Crippen molar-refractivity contribution in [3.8, 4) is 10.4 Å². The van der Waals surface area contributed by atoms with Gasteiger partial charge in [0.15, 0.2) is 0 Å². The van der Waals surface area contributed by atoms with Crippen molar-refractivity contribution in [1.29, 1.82) is 0 Å². The van der Waals surface area contributed by atoms with E-state index in [4.69, 9.17) is 0 Å². The van der Waals surface area contributed by atoms with Crippen molar-refractivity contribution in [3.63, 3.8) is 0 Å². The van der Waals surface area contributed by atoms with Crippen molar-refractivity contribution < 1.29 is 13.9 Å². The maximum Gasteiger partial charge on any atom is 0.348 e. The molecule has 0 fully saturated rings. The minimum Gasteiger partial charge on any atom is -0.465 e. The zero-order valence-electron chi connectivity index (χ0n) is 8.57. The van der Waals surface area contributed by atoms with Crippen LogP contribution >= 0.6 is 11.3 Å². The number of benzene rings is 1. The molecule has 0 aliphatic rings. The van der Waals surface area contributed by atoms with Crippen LogP contribution in [0.3, 0.4) is 0 Å². The molecule has 0 spiro atoms. The summed E-state index contributed by atoms with van der Waals surface area (Å²) in [4.78, 5) is 12.4. The van der Waals surface area contributed by atoms with E-state index in [1.165, 1.54) is 24.5 Å². The number of methoxy groups -OCH3 is 1. The average molecular weight is 236 g/mol. The predicted molar refractivity (Wildman–Crippen MR) is 61.1 cm³/mol. The lowest BCUT2D eigenvalue weighted by Gasteiger charge is -1.98. The van der Waals surface area contributed by atoms with E-state index in [1.54, 1.807) is 30.3 Å². The molecule has 2 rings (SSSR count). The molecule has 1 aromatic carbocycles. The number of thiophene rings is 1. The van der Waals surface area contributed by atoms with Gasteiger partial charge >= 0.3 is 5.97 Å². The van der Waals surface area contributed by atoms with Gasteiger partial charge in [0.2, 0.25) is 0 Å². The standard InChI is InChI=1S/C12H9FO2S/c1-15-12(14)11-7-6-10(16-11)8-4-2-3-5-9(8)13/h2-7H,1H3. The first-order chi connectivity index (χ1) is 7.72.